The Kier molecular flexibility index (Phi) is 5.45. The number of rotatable bonds is 5. The number of halogens is 1. The highest BCUT2D eigenvalue weighted by Gasteiger charge is 2.22. The summed E-state index contributed by atoms with van der Waals surface area (Å²) in [6.07, 6.45) is 1.72. The average Bonchev–Trinajstić information content (AvgIpc) is 2.91. The quantitative estimate of drug-likeness (QED) is 0.714. The van der Waals surface area contributed by atoms with E-state index < -0.39 is 0 Å². The van der Waals surface area contributed by atoms with Gasteiger partial charge in [0, 0.05) is 0 Å². The zero-order valence-corrected chi connectivity index (χ0v) is 15.7. The van der Waals surface area contributed by atoms with Gasteiger partial charge in [-0.3, -0.25) is 10.2 Å². The molecule has 2 N–H and O–H groups in total. The van der Waals surface area contributed by atoms with Gasteiger partial charge in [0.2, 0.25) is 0 Å². The van der Waals surface area contributed by atoms with E-state index in [1.807, 2.05) is 36.4 Å². The van der Waals surface area contributed by atoms with E-state index in [-0.39, 0.29) is 11.1 Å². The van der Waals surface area contributed by atoms with Crippen LogP contribution in [-0.2, 0) is 11.4 Å². The maximum Gasteiger partial charge on any atom is 0.264 e. The van der Waals surface area contributed by atoms with Gasteiger partial charge in [0.1, 0.15) is 6.61 Å². The standard InChI is InChI=1S/C18H15BrN2O3S/c1-23-14-8-12(9-15-17(22)21-18(20)25-15)7-13(19)16(14)24-10-11-5-3-2-4-6-11/h2-9H,10H2,1H3,(H2,20,21,22)/b15-9-. The summed E-state index contributed by atoms with van der Waals surface area (Å²) in [4.78, 5) is 12.2. The van der Waals surface area contributed by atoms with Crippen molar-refractivity contribution in [3.8, 4) is 11.5 Å². The van der Waals surface area contributed by atoms with Gasteiger partial charge in [0.05, 0.1) is 16.5 Å². The number of carbonyl (C=O) groups excluding carboxylic acids is 1. The molecule has 0 radical (unpaired) electrons. The first-order valence-electron chi connectivity index (χ1n) is 7.40. The molecule has 0 saturated carbocycles. The summed E-state index contributed by atoms with van der Waals surface area (Å²) in [6.45, 7) is 0.422. The van der Waals surface area contributed by atoms with E-state index in [0.29, 0.717) is 23.0 Å². The van der Waals surface area contributed by atoms with Gasteiger partial charge in [0.25, 0.3) is 5.91 Å². The van der Waals surface area contributed by atoms with E-state index in [1.54, 1.807) is 19.3 Å². The van der Waals surface area contributed by atoms with Crippen molar-refractivity contribution in [1.82, 2.24) is 5.32 Å². The number of methoxy groups -OCH3 is 1. The Morgan fingerprint density at radius 3 is 2.68 bits per heavy atom. The summed E-state index contributed by atoms with van der Waals surface area (Å²) in [5.41, 5.74) is 1.84. The monoisotopic (exact) mass is 418 g/mol. The van der Waals surface area contributed by atoms with Gasteiger partial charge in [-0.15, -0.1) is 0 Å². The number of amidine groups is 1. The third-order valence-electron chi connectivity index (χ3n) is 3.44. The van der Waals surface area contributed by atoms with Crippen molar-refractivity contribution in [2.24, 2.45) is 0 Å². The SMILES string of the molecule is COc1cc(/C=C2\SC(=N)NC2=O)cc(Br)c1OCc1ccccc1. The number of benzene rings is 2. The summed E-state index contributed by atoms with van der Waals surface area (Å²) in [7, 11) is 1.57. The van der Waals surface area contributed by atoms with Crippen LogP contribution < -0.4 is 14.8 Å². The molecule has 1 saturated heterocycles. The Bertz CT molecular complexity index is 853. The van der Waals surface area contributed by atoms with Crippen LogP contribution in [0.2, 0.25) is 0 Å². The fourth-order valence-electron chi connectivity index (χ4n) is 2.29. The second kappa shape index (κ2) is 7.76. The number of hydrogen-bond donors (Lipinski definition) is 2. The number of amides is 1. The number of carbonyl (C=O) groups is 1. The van der Waals surface area contributed by atoms with Gasteiger partial charge >= 0.3 is 0 Å². The highest BCUT2D eigenvalue weighted by molar-refractivity contribution is 9.10. The summed E-state index contributed by atoms with van der Waals surface area (Å²) in [5.74, 6) is 0.898. The molecule has 2 aromatic carbocycles. The molecule has 25 heavy (non-hydrogen) atoms. The van der Waals surface area contributed by atoms with Crippen molar-refractivity contribution >= 4 is 44.8 Å². The van der Waals surface area contributed by atoms with Crippen molar-refractivity contribution < 1.29 is 14.3 Å². The molecular formula is C18H15BrN2O3S. The molecule has 5 nitrogen and oxygen atoms in total. The first kappa shape index (κ1) is 17.6. The lowest BCUT2D eigenvalue weighted by molar-refractivity contribution is -0.115. The maximum atomic E-state index is 11.7. The topological polar surface area (TPSA) is 71.4 Å². The van der Waals surface area contributed by atoms with E-state index >= 15 is 0 Å². The molecule has 0 bridgehead atoms. The third-order valence-corrected chi connectivity index (χ3v) is 4.86. The number of nitrogens with one attached hydrogen (secondary N) is 2. The molecule has 1 amide bonds. The predicted octanol–water partition coefficient (Wildman–Crippen LogP) is 4.18. The lowest BCUT2D eigenvalue weighted by Crippen LogP contribution is -2.18. The summed E-state index contributed by atoms with van der Waals surface area (Å²) >= 11 is 4.60. The molecule has 0 atom stereocenters. The Labute approximate surface area is 158 Å². The van der Waals surface area contributed by atoms with E-state index in [1.165, 1.54) is 0 Å². The van der Waals surface area contributed by atoms with Crippen molar-refractivity contribution in [3.05, 3.63) is 63.0 Å². The van der Waals surface area contributed by atoms with Crippen LogP contribution in [0.5, 0.6) is 11.5 Å². The van der Waals surface area contributed by atoms with Crippen LogP contribution in [0.1, 0.15) is 11.1 Å². The van der Waals surface area contributed by atoms with E-state index in [2.05, 4.69) is 21.2 Å². The molecule has 0 aliphatic carbocycles. The Balaban J connectivity index is 1.85. The fraction of sp³-hybridized carbons (Fsp3) is 0.111. The van der Waals surface area contributed by atoms with Gasteiger partial charge in [0.15, 0.2) is 16.7 Å². The molecule has 0 aromatic heterocycles. The van der Waals surface area contributed by atoms with Crippen molar-refractivity contribution in [2.75, 3.05) is 7.11 Å². The molecule has 1 heterocycles. The maximum absolute atomic E-state index is 11.7. The van der Waals surface area contributed by atoms with Crippen molar-refractivity contribution in [1.29, 1.82) is 5.41 Å². The smallest absolute Gasteiger partial charge is 0.264 e. The molecule has 0 spiro atoms. The molecule has 2 aromatic rings. The summed E-state index contributed by atoms with van der Waals surface area (Å²) in [5, 5.41) is 10.1. The fourth-order valence-corrected chi connectivity index (χ4v) is 3.56. The zero-order valence-electron chi connectivity index (χ0n) is 13.3. The van der Waals surface area contributed by atoms with E-state index in [0.717, 1.165) is 27.4 Å². The molecule has 1 aliphatic rings. The minimum Gasteiger partial charge on any atom is -0.493 e. The molecule has 0 unspecified atom stereocenters. The van der Waals surface area contributed by atoms with Gasteiger partial charge in [-0.2, -0.15) is 0 Å². The highest BCUT2D eigenvalue weighted by atomic mass is 79.9. The Hall–Kier alpha value is -2.25. The molecule has 7 heteroatoms. The lowest BCUT2D eigenvalue weighted by Gasteiger charge is -2.13. The molecular weight excluding hydrogens is 404 g/mol. The van der Waals surface area contributed by atoms with Crippen LogP contribution >= 0.6 is 27.7 Å². The first-order valence-corrected chi connectivity index (χ1v) is 9.01. The van der Waals surface area contributed by atoms with Gasteiger partial charge < -0.3 is 14.8 Å². The predicted molar refractivity (Wildman–Crippen MR) is 103 cm³/mol. The first-order chi connectivity index (χ1) is 12.1. The average molecular weight is 419 g/mol. The minimum atomic E-state index is -0.269. The lowest BCUT2D eigenvalue weighted by atomic mass is 10.2. The van der Waals surface area contributed by atoms with Crippen LogP contribution in [-0.4, -0.2) is 18.2 Å². The van der Waals surface area contributed by atoms with Gasteiger partial charge in [-0.25, -0.2) is 0 Å². The number of hydrogen-bond acceptors (Lipinski definition) is 5. The van der Waals surface area contributed by atoms with Crippen LogP contribution in [0.15, 0.2) is 51.8 Å². The molecule has 1 aliphatic heterocycles. The third kappa shape index (κ3) is 4.24. The van der Waals surface area contributed by atoms with Crippen molar-refractivity contribution in [2.45, 2.75) is 6.61 Å². The minimum absolute atomic E-state index is 0.130. The molecule has 3 rings (SSSR count). The Morgan fingerprint density at radius 1 is 1.28 bits per heavy atom. The van der Waals surface area contributed by atoms with Crippen LogP contribution in [0.4, 0.5) is 0 Å². The Morgan fingerprint density at radius 2 is 2.04 bits per heavy atom. The van der Waals surface area contributed by atoms with Gasteiger partial charge in [-0.1, -0.05) is 30.3 Å². The van der Waals surface area contributed by atoms with Gasteiger partial charge in [-0.05, 0) is 57.0 Å². The second-order valence-corrected chi connectivity index (χ2v) is 7.11. The number of thioether (sulfide) groups is 1. The van der Waals surface area contributed by atoms with Crippen molar-refractivity contribution in [3.63, 3.8) is 0 Å². The zero-order chi connectivity index (χ0) is 17.8. The molecule has 1 fully saturated rings. The largest absolute Gasteiger partial charge is 0.493 e. The van der Waals surface area contributed by atoms with Crippen LogP contribution in [0.25, 0.3) is 6.08 Å². The highest BCUT2D eigenvalue weighted by Crippen LogP contribution is 2.38. The second-order valence-electron chi connectivity index (χ2n) is 5.20. The normalized spacial score (nSPS) is 15.4. The van der Waals surface area contributed by atoms with E-state index in [9.17, 15) is 4.79 Å². The van der Waals surface area contributed by atoms with Crippen LogP contribution in [0.3, 0.4) is 0 Å². The molecule has 128 valence electrons. The number of ether oxygens (including phenoxy) is 2. The summed E-state index contributed by atoms with van der Waals surface area (Å²) < 4.78 is 12.1. The van der Waals surface area contributed by atoms with E-state index in [4.69, 9.17) is 14.9 Å². The van der Waals surface area contributed by atoms with Crippen LogP contribution in [0, 0.1) is 5.41 Å². The summed E-state index contributed by atoms with van der Waals surface area (Å²) in [6, 6.07) is 13.5.